The largest absolute Gasteiger partial charge is 0.306 e. The maximum atomic E-state index is 2.49. The highest BCUT2D eigenvalue weighted by atomic mass is 15.1. The molecular formula is C13H25N. The second kappa shape index (κ2) is 3.23. The van der Waals surface area contributed by atoms with Gasteiger partial charge in [-0.15, -0.1) is 0 Å². The summed E-state index contributed by atoms with van der Waals surface area (Å²) in [6.45, 7) is 9.93. The summed E-state index contributed by atoms with van der Waals surface area (Å²) in [4.78, 5) is 2.49. The van der Waals surface area contributed by atoms with Crippen LogP contribution in [0.25, 0.3) is 0 Å². The lowest BCUT2D eigenvalue weighted by Gasteiger charge is -2.58. The Morgan fingerprint density at radius 3 is 2.00 bits per heavy atom. The molecule has 1 nitrogen and oxygen atoms in total. The van der Waals surface area contributed by atoms with E-state index >= 15 is 0 Å². The van der Waals surface area contributed by atoms with Crippen molar-refractivity contribution in [2.24, 2.45) is 16.7 Å². The molecule has 0 aromatic heterocycles. The van der Waals surface area contributed by atoms with Crippen LogP contribution in [0.5, 0.6) is 0 Å². The van der Waals surface area contributed by atoms with E-state index < -0.39 is 0 Å². The van der Waals surface area contributed by atoms with Crippen LogP contribution < -0.4 is 0 Å². The SMILES string of the molecule is CN1CCC2(CCC2C(C)(C)C)CC1. The zero-order valence-electron chi connectivity index (χ0n) is 10.3. The van der Waals surface area contributed by atoms with Crippen molar-refractivity contribution >= 4 is 0 Å². The van der Waals surface area contributed by atoms with Crippen molar-refractivity contribution in [3.05, 3.63) is 0 Å². The van der Waals surface area contributed by atoms with E-state index in [1.165, 1.54) is 38.8 Å². The van der Waals surface area contributed by atoms with Crippen LogP contribution in [-0.2, 0) is 0 Å². The Labute approximate surface area is 88.9 Å². The third-order valence-corrected chi connectivity index (χ3v) is 4.70. The van der Waals surface area contributed by atoms with Gasteiger partial charge in [-0.25, -0.2) is 0 Å². The number of hydrogen-bond acceptors (Lipinski definition) is 1. The average molecular weight is 195 g/mol. The van der Waals surface area contributed by atoms with Gasteiger partial charge in [0.25, 0.3) is 0 Å². The number of hydrogen-bond donors (Lipinski definition) is 0. The number of piperidine rings is 1. The maximum Gasteiger partial charge on any atom is -0.00164 e. The normalized spacial score (nSPS) is 33.0. The molecule has 1 unspecified atom stereocenters. The van der Waals surface area contributed by atoms with Crippen LogP contribution >= 0.6 is 0 Å². The predicted molar refractivity (Wildman–Crippen MR) is 61.3 cm³/mol. The second-order valence-electron chi connectivity index (χ2n) is 6.62. The molecule has 1 aliphatic heterocycles. The van der Waals surface area contributed by atoms with Gasteiger partial charge < -0.3 is 4.90 Å². The van der Waals surface area contributed by atoms with E-state index in [4.69, 9.17) is 0 Å². The van der Waals surface area contributed by atoms with Gasteiger partial charge >= 0.3 is 0 Å². The molecule has 0 aromatic rings. The predicted octanol–water partition coefficient (Wildman–Crippen LogP) is 3.15. The number of nitrogens with zero attached hydrogens (tertiary/aromatic N) is 1. The molecule has 0 aromatic carbocycles. The number of rotatable bonds is 0. The quantitative estimate of drug-likeness (QED) is 0.574. The smallest absolute Gasteiger partial charge is 0.00164 e. The summed E-state index contributed by atoms with van der Waals surface area (Å²) in [7, 11) is 2.26. The molecule has 0 N–H and O–H groups in total. The molecule has 1 atom stereocenters. The Bertz CT molecular complexity index is 206. The monoisotopic (exact) mass is 195 g/mol. The molecule has 14 heavy (non-hydrogen) atoms. The molecule has 1 aliphatic carbocycles. The summed E-state index contributed by atoms with van der Waals surface area (Å²) >= 11 is 0. The zero-order valence-corrected chi connectivity index (χ0v) is 10.3. The molecule has 1 heterocycles. The summed E-state index contributed by atoms with van der Waals surface area (Å²) in [5, 5.41) is 0. The van der Waals surface area contributed by atoms with E-state index in [1.807, 2.05) is 0 Å². The lowest BCUT2D eigenvalue weighted by atomic mass is 9.49. The van der Waals surface area contributed by atoms with Crippen molar-refractivity contribution in [1.82, 2.24) is 4.90 Å². The van der Waals surface area contributed by atoms with Crippen LogP contribution in [0.1, 0.15) is 46.5 Å². The fraction of sp³-hybridized carbons (Fsp3) is 1.00. The Morgan fingerprint density at radius 1 is 1.07 bits per heavy atom. The molecule has 1 spiro atoms. The molecule has 2 aliphatic rings. The van der Waals surface area contributed by atoms with Gasteiger partial charge in [0, 0.05) is 0 Å². The minimum atomic E-state index is 0.536. The van der Waals surface area contributed by atoms with Crippen LogP contribution in [0.4, 0.5) is 0 Å². The van der Waals surface area contributed by atoms with E-state index in [0.717, 1.165) is 11.3 Å². The summed E-state index contributed by atoms with van der Waals surface area (Å²) in [6, 6.07) is 0. The van der Waals surface area contributed by atoms with Crippen molar-refractivity contribution < 1.29 is 0 Å². The molecule has 82 valence electrons. The topological polar surface area (TPSA) is 3.24 Å². The van der Waals surface area contributed by atoms with Crippen LogP contribution in [0.15, 0.2) is 0 Å². The molecule has 0 radical (unpaired) electrons. The molecular weight excluding hydrogens is 170 g/mol. The van der Waals surface area contributed by atoms with Crippen LogP contribution in [-0.4, -0.2) is 25.0 Å². The second-order valence-corrected chi connectivity index (χ2v) is 6.62. The van der Waals surface area contributed by atoms with Crippen LogP contribution in [0, 0.1) is 16.7 Å². The van der Waals surface area contributed by atoms with Gasteiger partial charge in [0.2, 0.25) is 0 Å². The van der Waals surface area contributed by atoms with E-state index in [2.05, 4.69) is 32.7 Å². The Kier molecular flexibility index (Phi) is 2.42. The summed E-state index contributed by atoms with van der Waals surface area (Å²) in [5.74, 6) is 0.990. The molecule has 0 amide bonds. The summed E-state index contributed by atoms with van der Waals surface area (Å²) in [5.41, 5.74) is 1.28. The van der Waals surface area contributed by atoms with Crippen LogP contribution in [0.3, 0.4) is 0 Å². The molecule has 0 bridgehead atoms. The van der Waals surface area contributed by atoms with E-state index in [-0.39, 0.29) is 0 Å². The molecule has 1 heteroatoms. The number of likely N-dealkylation sites (tertiary alicyclic amines) is 1. The van der Waals surface area contributed by atoms with Crippen LogP contribution in [0.2, 0.25) is 0 Å². The van der Waals surface area contributed by atoms with Crippen molar-refractivity contribution in [1.29, 1.82) is 0 Å². The Balaban J connectivity index is 2.04. The zero-order chi connectivity index (χ0) is 10.4. The minimum absolute atomic E-state index is 0.536. The Hall–Kier alpha value is -0.0400. The molecule has 2 rings (SSSR count). The van der Waals surface area contributed by atoms with Crippen molar-refractivity contribution in [3.63, 3.8) is 0 Å². The third-order valence-electron chi connectivity index (χ3n) is 4.70. The van der Waals surface area contributed by atoms with Crippen molar-refractivity contribution in [2.45, 2.75) is 46.5 Å². The first-order chi connectivity index (χ1) is 6.44. The van der Waals surface area contributed by atoms with Gasteiger partial charge in [-0.05, 0) is 62.6 Å². The van der Waals surface area contributed by atoms with E-state index in [9.17, 15) is 0 Å². The fourth-order valence-corrected chi connectivity index (χ4v) is 3.71. The van der Waals surface area contributed by atoms with Gasteiger partial charge in [0.1, 0.15) is 0 Å². The standard InChI is InChI=1S/C13H25N/c1-12(2,3)11-5-6-13(11)7-9-14(4)10-8-13/h11H,5-10H2,1-4H3. The molecule has 1 saturated carbocycles. The lowest BCUT2D eigenvalue weighted by molar-refractivity contribution is -0.0841. The van der Waals surface area contributed by atoms with Gasteiger partial charge in [0.05, 0.1) is 0 Å². The molecule has 2 fully saturated rings. The van der Waals surface area contributed by atoms with E-state index in [1.54, 1.807) is 0 Å². The highest BCUT2D eigenvalue weighted by molar-refractivity contribution is 5.02. The highest BCUT2D eigenvalue weighted by Crippen LogP contribution is 2.59. The summed E-state index contributed by atoms with van der Waals surface area (Å²) < 4.78 is 0. The highest BCUT2D eigenvalue weighted by Gasteiger charge is 2.51. The minimum Gasteiger partial charge on any atom is -0.306 e. The maximum absolute atomic E-state index is 2.49. The summed E-state index contributed by atoms with van der Waals surface area (Å²) in [6.07, 6.45) is 5.88. The Morgan fingerprint density at radius 2 is 1.64 bits per heavy atom. The van der Waals surface area contributed by atoms with Gasteiger partial charge in [-0.1, -0.05) is 20.8 Å². The van der Waals surface area contributed by atoms with E-state index in [0.29, 0.717) is 5.41 Å². The third kappa shape index (κ3) is 1.60. The van der Waals surface area contributed by atoms with Gasteiger partial charge in [-0.3, -0.25) is 0 Å². The average Bonchev–Trinajstić information content (AvgIpc) is 2.00. The molecule has 1 saturated heterocycles. The van der Waals surface area contributed by atoms with Gasteiger partial charge in [-0.2, -0.15) is 0 Å². The first-order valence-corrected chi connectivity index (χ1v) is 6.13. The first-order valence-electron chi connectivity index (χ1n) is 6.13. The first kappa shape index (κ1) is 10.5. The fourth-order valence-electron chi connectivity index (χ4n) is 3.71. The van der Waals surface area contributed by atoms with Crippen molar-refractivity contribution in [3.8, 4) is 0 Å². The lowest BCUT2D eigenvalue weighted by Crippen LogP contribution is -2.52. The van der Waals surface area contributed by atoms with Gasteiger partial charge in [0.15, 0.2) is 0 Å². The van der Waals surface area contributed by atoms with Crippen molar-refractivity contribution in [2.75, 3.05) is 20.1 Å².